The van der Waals surface area contributed by atoms with Gasteiger partial charge in [-0.3, -0.25) is 9.48 Å². The minimum atomic E-state index is -0.180. The standard InChI is InChI=1S/C22H23ClN6O2/c1-4-28-19(18(23)11-26-28)12-25-20(30)13-29-22-21(14(2)27-29)17(9-10-24-22)15-5-7-16(31-3)8-6-15/h5-11H,4,12-13H2,1-3H3,(H,25,30). The van der Waals surface area contributed by atoms with Gasteiger partial charge in [-0.15, -0.1) is 0 Å². The summed E-state index contributed by atoms with van der Waals surface area (Å²) in [6, 6.07) is 9.79. The molecule has 0 bridgehead atoms. The summed E-state index contributed by atoms with van der Waals surface area (Å²) in [5, 5.41) is 13.1. The molecule has 0 aliphatic carbocycles. The molecule has 0 aliphatic rings. The number of carbonyl (C=O) groups excluding carboxylic acids is 1. The topological polar surface area (TPSA) is 86.9 Å². The van der Waals surface area contributed by atoms with Crippen LogP contribution in [0.2, 0.25) is 5.02 Å². The van der Waals surface area contributed by atoms with Gasteiger partial charge in [0.2, 0.25) is 5.91 Å². The normalized spacial score (nSPS) is 11.1. The molecule has 3 aromatic heterocycles. The van der Waals surface area contributed by atoms with Crippen LogP contribution in [-0.4, -0.2) is 37.6 Å². The summed E-state index contributed by atoms with van der Waals surface area (Å²) in [6.07, 6.45) is 3.32. The van der Waals surface area contributed by atoms with Crippen molar-refractivity contribution in [3.05, 3.63) is 59.1 Å². The van der Waals surface area contributed by atoms with Crippen molar-refractivity contribution in [2.24, 2.45) is 0 Å². The van der Waals surface area contributed by atoms with Crippen molar-refractivity contribution < 1.29 is 9.53 Å². The molecule has 1 amide bonds. The number of rotatable bonds is 7. The van der Waals surface area contributed by atoms with Gasteiger partial charge in [0.1, 0.15) is 12.3 Å². The second-order valence-corrected chi connectivity index (χ2v) is 7.47. The summed E-state index contributed by atoms with van der Waals surface area (Å²) in [5.74, 6) is 0.614. The van der Waals surface area contributed by atoms with Gasteiger partial charge in [-0.25, -0.2) is 9.67 Å². The molecule has 0 spiro atoms. The molecule has 0 fully saturated rings. The smallest absolute Gasteiger partial charge is 0.242 e. The number of methoxy groups -OCH3 is 1. The Morgan fingerprint density at radius 1 is 1.19 bits per heavy atom. The van der Waals surface area contributed by atoms with Gasteiger partial charge in [0.25, 0.3) is 0 Å². The molecule has 9 heteroatoms. The average molecular weight is 439 g/mol. The van der Waals surface area contributed by atoms with E-state index in [0.717, 1.165) is 33.7 Å². The number of nitrogens with zero attached hydrogens (tertiary/aromatic N) is 5. The van der Waals surface area contributed by atoms with Gasteiger partial charge in [-0.05, 0) is 43.2 Å². The first kappa shape index (κ1) is 20.9. The van der Waals surface area contributed by atoms with Crippen LogP contribution in [0.3, 0.4) is 0 Å². The Balaban J connectivity index is 1.57. The van der Waals surface area contributed by atoms with Crippen LogP contribution in [-0.2, 0) is 24.4 Å². The van der Waals surface area contributed by atoms with Crippen LogP contribution < -0.4 is 10.1 Å². The molecule has 31 heavy (non-hydrogen) atoms. The van der Waals surface area contributed by atoms with Crippen LogP contribution >= 0.6 is 11.6 Å². The van der Waals surface area contributed by atoms with Crippen molar-refractivity contribution >= 4 is 28.5 Å². The third-order valence-electron chi connectivity index (χ3n) is 5.15. The molecule has 0 saturated carbocycles. The molecule has 0 atom stereocenters. The Bertz CT molecular complexity index is 1230. The third kappa shape index (κ3) is 4.11. The van der Waals surface area contributed by atoms with Gasteiger partial charge in [-0.1, -0.05) is 23.7 Å². The lowest BCUT2D eigenvalue weighted by molar-refractivity contribution is -0.122. The molecule has 8 nitrogen and oxygen atoms in total. The van der Waals surface area contributed by atoms with E-state index in [4.69, 9.17) is 16.3 Å². The van der Waals surface area contributed by atoms with Crippen molar-refractivity contribution in [3.63, 3.8) is 0 Å². The zero-order valence-corrected chi connectivity index (χ0v) is 18.3. The summed E-state index contributed by atoms with van der Waals surface area (Å²) in [5.41, 5.74) is 4.29. The second kappa shape index (κ2) is 8.77. The Morgan fingerprint density at radius 2 is 1.97 bits per heavy atom. The first-order valence-corrected chi connectivity index (χ1v) is 10.3. The number of amides is 1. The average Bonchev–Trinajstić information content (AvgIpc) is 3.31. The number of carbonyl (C=O) groups is 1. The van der Waals surface area contributed by atoms with Crippen LogP contribution in [0.1, 0.15) is 18.3 Å². The summed E-state index contributed by atoms with van der Waals surface area (Å²) < 4.78 is 8.64. The van der Waals surface area contributed by atoms with E-state index < -0.39 is 0 Å². The number of nitrogens with one attached hydrogen (secondary N) is 1. The molecular weight excluding hydrogens is 416 g/mol. The lowest BCUT2D eigenvalue weighted by Crippen LogP contribution is -2.28. The lowest BCUT2D eigenvalue weighted by Gasteiger charge is -2.09. The van der Waals surface area contributed by atoms with E-state index in [1.54, 1.807) is 28.9 Å². The van der Waals surface area contributed by atoms with Crippen LogP contribution in [0.4, 0.5) is 0 Å². The van der Waals surface area contributed by atoms with Gasteiger partial charge in [0.05, 0.1) is 36.3 Å². The first-order chi connectivity index (χ1) is 15.0. The van der Waals surface area contributed by atoms with Gasteiger partial charge < -0.3 is 10.1 Å². The number of hydrogen-bond donors (Lipinski definition) is 1. The third-order valence-corrected chi connectivity index (χ3v) is 5.47. The molecule has 0 radical (unpaired) electrons. The maximum absolute atomic E-state index is 12.6. The molecule has 160 valence electrons. The summed E-state index contributed by atoms with van der Waals surface area (Å²) in [6.45, 7) is 4.93. The number of pyridine rings is 1. The van der Waals surface area contributed by atoms with E-state index in [9.17, 15) is 4.79 Å². The van der Waals surface area contributed by atoms with Crippen LogP contribution in [0.25, 0.3) is 22.2 Å². The van der Waals surface area contributed by atoms with E-state index in [2.05, 4.69) is 20.5 Å². The Hall–Kier alpha value is -3.39. The number of aryl methyl sites for hydroxylation is 2. The lowest BCUT2D eigenvalue weighted by atomic mass is 10.0. The van der Waals surface area contributed by atoms with Gasteiger partial charge in [0, 0.05) is 18.1 Å². The predicted molar refractivity (Wildman–Crippen MR) is 119 cm³/mol. The van der Waals surface area contributed by atoms with Crippen molar-refractivity contribution in [1.82, 2.24) is 29.9 Å². The molecule has 3 heterocycles. The van der Waals surface area contributed by atoms with E-state index >= 15 is 0 Å². The van der Waals surface area contributed by atoms with Gasteiger partial charge in [0.15, 0.2) is 5.65 Å². The quantitative estimate of drug-likeness (QED) is 0.476. The van der Waals surface area contributed by atoms with Crippen LogP contribution in [0.5, 0.6) is 5.75 Å². The van der Waals surface area contributed by atoms with Gasteiger partial charge in [-0.2, -0.15) is 10.2 Å². The molecule has 4 aromatic rings. The highest BCUT2D eigenvalue weighted by Gasteiger charge is 2.17. The number of aromatic nitrogens is 5. The van der Waals surface area contributed by atoms with Crippen LogP contribution in [0.15, 0.2) is 42.7 Å². The second-order valence-electron chi connectivity index (χ2n) is 7.06. The van der Waals surface area contributed by atoms with E-state index in [0.29, 0.717) is 23.8 Å². The predicted octanol–water partition coefficient (Wildman–Crippen LogP) is 3.60. The Morgan fingerprint density at radius 3 is 2.68 bits per heavy atom. The molecule has 0 aliphatic heterocycles. The maximum Gasteiger partial charge on any atom is 0.242 e. The molecular formula is C22H23ClN6O2. The number of benzene rings is 1. The Labute approximate surface area is 184 Å². The van der Waals surface area contributed by atoms with Gasteiger partial charge >= 0.3 is 0 Å². The summed E-state index contributed by atoms with van der Waals surface area (Å²) in [4.78, 5) is 17.1. The van der Waals surface area contributed by atoms with Crippen LogP contribution in [0, 0.1) is 6.92 Å². The minimum absolute atomic E-state index is 0.0568. The number of hydrogen-bond acceptors (Lipinski definition) is 5. The highest BCUT2D eigenvalue weighted by atomic mass is 35.5. The van der Waals surface area contributed by atoms with E-state index in [1.807, 2.05) is 44.2 Å². The highest BCUT2D eigenvalue weighted by molar-refractivity contribution is 6.31. The number of halogens is 1. The largest absolute Gasteiger partial charge is 0.497 e. The molecule has 1 N–H and O–H groups in total. The fourth-order valence-electron chi connectivity index (χ4n) is 3.61. The number of ether oxygens (including phenoxy) is 1. The molecule has 0 saturated heterocycles. The van der Waals surface area contributed by atoms with Crippen molar-refractivity contribution in [2.45, 2.75) is 33.5 Å². The molecule has 1 aromatic carbocycles. The monoisotopic (exact) mass is 438 g/mol. The van der Waals surface area contributed by atoms with E-state index in [1.165, 1.54) is 0 Å². The maximum atomic E-state index is 12.6. The fourth-order valence-corrected chi connectivity index (χ4v) is 3.82. The molecule has 4 rings (SSSR count). The Kier molecular flexibility index (Phi) is 5.90. The SMILES string of the molecule is CCn1ncc(Cl)c1CNC(=O)Cn1nc(C)c2c(-c3ccc(OC)cc3)ccnc21. The highest BCUT2D eigenvalue weighted by Crippen LogP contribution is 2.30. The summed E-state index contributed by atoms with van der Waals surface area (Å²) in [7, 11) is 1.64. The number of fused-ring (bicyclic) bond motifs is 1. The first-order valence-electron chi connectivity index (χ1n) is 9.95. The van der Waals surface area contributed by atoms with Crippen molar-refractivity contribution in [3.8, 4) is 16.9 Å². The zero-order chi connectivity index (χ0) is 22.0. The minimum Gasteiger partial charge on any atom is -0.497 e. The van der Waals surface area contributed by atoms with Crippen molar-refractivity contribution in [2.75, 3.05) is 7.11 Å². The fraction of sp³-hybridized carbons (Fsp3) is 0.273. The summed E-state index contributed by atoms with van der Waals surface area (Å²) >= 11 is 6.17. The molecule has 0 unspecified atom stereocenters. The van der Waals surface area contributed by atoms with E-state index in [-0.39, 0.29) is 12.5 Å². The van der Waals surface area contributed by atoms with Crippen molar-refractivity contribution in [1.29, 1.82) is 0 Å². The zero-order valence-electron chi connectivity index (χ0n) is 17.6.